The van der Waals surface area contributed by atoms with Gasteiger partial charge >= 0.3 is 0 Å². The van der Waals surface area contributed by atoms with Gasteiger partial charge in [0.25, 0.3) is 5.91 Å². The molecule has 6 nitrogen and oxygen atoms in total. The molecule has 1 saturated carbocycles. The molecule has 0 bridgehead atoms. The number of amides is 1. The monoisotopic (exact) mass is 282 g/mol. The molecule has 0 spiro atoms. The molecule has 0 aromatic carbocycles. The number of carbonyl (C=O) groups excluding carboxylic acids is 1. The number of nitriles is 1. The molecule has 106 valence electrons. The predicted octanol–water partition coefficient (Wildman–Crippen LogP) is 2.09. The Labute approximate surface area is 122 Å². The third-order valence-electron chi connectivity index (χ3n) is 3.43. The lowest BCUT2D eigenvalue weighted by atomic mass is 10.2. The van der Waals surface area contributed by atoms with E-state index in [1.165, 1.54) is 12.3 Å². The van der Waals surface area contributed by atoms with Gasteiger partial charge in [0, 0.05) is 25.2 Å². The van der Waals surface area contributed by atoms with Gasteiger partial charge in [-0.3, -0.25) is 4.79 Å². The molecular weight excluding hydrogens is 268 g/mol. The van der Waals surface area contributed by atoms with Gasteiger partial charge < -0.3 is 9.42 Å². The van der Waals surface area contributed by atoms with Crippen molar-refractivity contribution in [3.8, 4) is 6.07 Å². The first-order valence-corrected chi connectivity index (χ1v) is 6.74. The van der Waals surface area contributed by atoms with Gasteiger partial charge in [-0.15, -0.1) is 0 Å². The van der Waals surface area contributed by atoms with E-state index >= 15 is 0 Å². The lowest BCUT2D eigenvalue weighted by Gasteiger charge is -2.15. The lowest BCUT2D eigenvalue weighted by Crippen LogP contribution is -2.26. The van der Waals surface area contributed by atoms with Crippen molar-refractivity contribution in [2.24, 2.45) is 0 Å². The van der Waals surface area contributed by atoms with Gasteiger partial charge in [0.05, 0.1) is 12.1 Å². The minimum Gasteiger partial charge on any atom is -0.361 e. The summed E-state index contributed by atoms with van der Waals surface area (Å²) in [5.41, 5.74) is 1.48. The van der Waals surface area contributed by atoms with E-state index in [1.807, 2.05) is 12.1 Å². The lowest BCUT2D eigenvalue weighted by molar-refractivity contribution is 0.0781. The van der Waals surface area contributed by atoms with Crippen LogP contribution >= 0.6 is 0 Å². The number of carbonyl (C=O) groups is 1. The average Bonchev–Trinajstić information content (AvgIpc) is 3.27. The Morgan fingerprint density at radius 1 is 1.52 bits per heavy atom. The van der Waals surface area contributed by atoms with Gasteiger partial charge in [-0.25, -0.2) is 4.98 Å². The first kappa shape index (κ1) is 13.3. The highest BCUT2D eigenvalue weighted by molar-refractivity contribution is 5.93. The van der Waals surface area contributed by atoms with Crippen molar-refractivity contribution in [3.63, 3.8) is 0 Å². The van der Waals surface area contributed by atoms with Crippen LogP contribution in [0.2, 0.25) is 0 Å². The van der Waals surface area contributed by atoms with Crippen LogP contribution in [0.15, 0.2) is 28.9 Å². The zero-order valence-corrected chi connectivity index (χ0v) is 11.6. The van der Waals surface area contributed by atoms with E-state index in [1.54, 1.807) is 18.0 Å². The van der Waals surface area contributed by atoms with Crippen LogP contribution in [0.5, 0.6) is 0 Å². The molecule has 0 unspecified atom stereocenters. The molecule has 3 rings (SSSR count). The van der Waals surface area contributed by atoms with Crippen molar-refractivity contribution < 1.29 is 9.32 Å². The molecular formula is C15H14N4O2. The smallest absolute Gasteiger partial charge is 0.255 e. The van der Waals surface area contributed by atoms with Crippen LogP contribution in [0.3, 0.4) is 0 Å². The van der Waals surface area contributed by atoms with E-state index in [2.05, 4.69) is 10.1 Å². The normalized spacial score (nSPS) is 13.7. The molecule has 1 aliphatic rings. The molecule has 0 saturated heterocycles. The summed E-state index contributed by atoms with van der Waals surface area (Å²) in [6, 6.07) is 6.97. The maximum absolute atomic E-state index is 12.2. The van der Waals surface area contributed by atoms with Crippen LogP contribution in [0.25, 0.3) is 0 Å². The summed E-state index contributed by atoms with van der Waals surface area (Å²) in [7, 11) is 1.70. The highest BCUT2D eigenvalue weighted by Gasteiger charge is 2.28. The maximum atomic E-state index is 12.2. The standard InChI is InChI=1S/C15H14N4O2/c1-19(9-13-6-14(21-18-13)10-2-3-10)15(20)11-4-5-12(7-16)17-8-11/h4-6,8,10H,2-3,9H2,1H3. The number of pyridine rings is 1. The summed E-state index contributed by atoms with van der Waals surface area (Å²) < 4.78 is 5.27. The largest absolute Gasteiger partial charge is 0.361 e. The average molecular weight is 282 g/mol. The fraction of sp³-hybridized carbons (Fsp3) is 0.333. The Hall–Kier alpha value is -2.68. The second-order valence-corrected chi connectivity index (χ2v) is 5.20. The van der Waals surface area contributed by atoms with Gasteiger partial charge in [-0.05, 0) is 25.0 Å². The highest BCUT2D eigenvalue weighted by atomic mass is 16.5. The predicted molar refractivity (Wildman–Crippen MR) is 73.2 cm³/mol. The minimum atomic E-state index is -0.164. The molecule has 21 heavy (non-hydrogen) atoms. The second kappa shape index (κ2) is 5.37. The van der Waals surface area contributed by atoms with Crippen LogP contribution in [0.1, 0.15) is 46.3 Å². The molecule has 2 aromatic rings. The summed E-state index contributed by atoms with van der Waals surface area (Å²) in [6.45, 7) is 0.384. The maximum Gasteiger partial charge on any atom is 0.255 e. The Balaban J connectivity index is 1.66. The SMILES string of the molecule is CN(Cc1cc(C2CC2)on1)C(=O)c1ccc(C#N)nc1. The van der Waals surface area contributed by atoms with Crippen molar-refractivity contribution in [3.05, 3.63) is 47.1 Å². The first-order chi connectivity index (χ1) is 10.2. The molecule has 2 heterocycles. The quantitative estimate of drug-likeness (QED) is 0.857. The van der Waals surface area contributed by atoms with Crippen LogP contribution in [0.4, 0.5) is 0 Å². The number of nitrogens with zero attached hydrogens (tertiary/aromatic N) is 4. The second-order valence-electron chi connectivity index (χ2n) is 5.20. The van der Waals surface area contributed by atoms with Crippen LogP contribution in [0, 0.1) is 11.3 Å². The Morgan fingerprint density at radius 2 is 2.33 bits per heavy atom. The van der Waals surface area contributed by atoms with E-state index in [-0.39, 0.29) is 5.91 Å². The number of hydrogen-bond acceptors (Lipinski definition) is 5. The Kier molecular flexibility index (Phi) is 3.40. The fourth-order valence-corrected chi connectivity index (χ4v) is 2.08. The van der Waals surface area contributed by atoms with Crippen molar-refractivity contribution >= 4 is 5.91 Å². The fourth-order valence-electron chi connectivity index (χ4n) is 2.08. The highest BCUT2D eigenvalue weighted by Crippen LogP contribution is 2.40. The molecule has 2 aromatic heterocycles. The van der Waals surface area contributed by atoms with E-state index in [0.717, 1.165) is 24.3 Å². The van der Waals surface area contributed by atoms with Crippen molar-refractivity contribution in [2.75, 3.05) is 7.05 Å². The van der Waals surface area contributed by atoms with Gasteiger partial charge in [0.2, 0.25) is 0 Å². The zero-order chi connectivity index (χ0) is 14.8. The van der Waals surface area contributed by atoms with Crippen LogP contribution < -0.4 is 0 Å². The van der Waals surface area contributed by atoms with Crippen LogP contribution in [-0.2, 0) is 6.54 Å². The molecule has 0 aliphatic heterocycles. The topological polar surface area (TPSA) is 83.0 Å². The summed E-state index contributed by atoms with van der Waals surface area (Å²) in [5, 5.41) is 12.7. The van der Waals surface area contributed by atoms with Gasteiger partial charge in [0.15, 0.2) is 0 Å². The third kappa shape index (κ3) is 2.92. The van der Waals surface area contributed by atoms with Crippen molar-refractivity contribution in [1.29, 1.82) is 5.26 Å². The Bertz CT molecular complexity index is 695. The van der Waals surface area contributed by atoms with E-state index < -0.39 is 0 Å². The number of rotatable bonds is 4. The third-order valence-corrected chi connectivity index (χ3v) is 3.43. The summed E-state index contributed by atoms with van der Waals surface area (Å²) in [5.74, 6) is 1.25. The van der Waals surface area contributed by atoms with E-state index in [4.69, 9.17) is 9.78 Å². The molecule has 0 atom stereocenters. The zero-order valence-electron chi connectivity index (χ0n) is 11.6. The number of aromatic nitrogens is 2. The molecule has 6 heteroatoms. The molecule has 1 amide bonds. The van der Waals surface area contributed by atoms with Crippen molar-refractivity contribution in [1.82, 2.24) is 15.0 Å². The molecule has 0 radical (unpaired) electrons. The van der Waals surface area contributed by atoms with E-state index in [0.29, 0.717) is 23.7 Å². The summed E-state index contributed by atoms with van der Waals surface area (Å²) in [6.07, 6.45) is 3.72. The summed E-state index contributed by atoms with van der Waals surface area (Å²) in [4.78, 5) is 17.7. The molecule has 0 N–H and O–H groups in total. The van der Waals surface area contributed by atoms with Gasteiger partial charge in [-0.1, -0.05) is 5.16 Å². The van der Waals surface area contributed by atoms with E-state index in [9.17, 15) is 4.79 Å². The van der Waals surface area contributed by atoms with Gasteiger partial charge in [0.1, 0.15) is 23.2 Å². The first-order valence-electron chi connectivity index (χ1n) is 6.74. The molecule has 1 fully saturated rings. The number of hydrogen-bond donors (Lipinski definition) is 0. The summed E-state index contributed by atoms with van der Waals surface area (Å²) >= 11 is 0. The van der Waals surface area contributed by atoms with Crippen LogP contribution in [-0.4, -0.2) is 28.0 Å². The molecule has 1 aliphatic carbocycles. The minimum absolute atomic E-state index is 0.164. The Morgan fingerprint density at radius 3 is 2.95 bits per heavy atom. The van der Waals surface area contributed by atoms with Gasteiger partial charge in [-0.2, -0.15) is 5.26 Å². The van der Waals surface area contributed by atoms with Crippen molar-refractivity contribution in [2.45, 2.75) is 25.3 Å².